The lowest BCUT2D eigenvalue weighted by Gasteiger charge is -2.32. The fourth-order valence-corrected chi connectivity index (χ4v) is 3.85. The molecular weight excluding hydrogens is 428 g/mol. The third-order valence-corrected chi connectivity index (χ3v) is 5.43. The van der Waals surface area contributed by atoms with Crippen molar-refractivity contribution in [2.45, 2.75) is 46.1 Å². The normalized spacial score (nSPS) is 14.4. The summed E-state index contributed by atoms with van der Waals surface area (Å²) in [6.07, 6.45) is -3.63. The zero-order chi connectivity index (χ0) is 23.8. The highest BCUT2D eigenvalue weighted by Gasteiger charge is 2.37. The Morgan fingerprint density at radius 1 is 1.25 bits per heavy atom. The van der Waals surface area contributed by atoms with Gasteiger partial charge >= 0.3 is 19.3 Å². The smallest absolute Gasteiger partial charge is 0.480 e. The minimum atomic E-state index is -4.61. The lowest BCUT2D eigenvalue weighted by molar-refractivity contribution is -0.144. The van der Waals surface area contributed by atoms with E-state index < -0.39 is 42.8 Å². The first kappa shape index (κ1) is 23.7. The number of rotatable bonds is 6. The van der Waals surface area contributed by atoms with Crippen LogP contribution in [0.1, 0.15) is 46.6 Å². The van der Waals surface area contributed by atoms with Gasteiger partial charge in [-0.15, -0.1) is 0 Å². The number of nitrogens with zero attached hydrogens (tertiary/aromatic N) is 2. The Bertz CT molecular complexity index is 1030. The van der Waals surface area contributed by atoms with E-state index >= 15 is 0 Å². The molecule has 2 heterocycles. The zero-order valence-corrected chi connectivity index (χ0v) is 17.7. The van der Waals surface area contributed by atoms with Crippen LogP contribution in [0.25, 0.3) is 0 Å². The third-order valence-electron chi connectivity index (χ3n) is 5.43. The van der Waals surface area contributed by atoms with Crippen molar-refractivity contribution < 1.29 is 37.5 Å². The maximum absolute atomic E-state index is 13.5. The standard InChI is InChI=1S/C21H22BF3N2O5/c1-11(2)18(20(29)30)27(9-13-4-7-16(26-8-13)21(23,24)25)19(28)15-6-5-14-10-32-22(31)17(14)12(15)3/h4-8,11,18,31H,9-10H2,1-3H3,(H,29,30)/t18-/m0/s1. The van der Waals surface area contributed by atoms with Crippen molar-refractivity contribution in [3.8, 4) is 0 Å². The van der Waals surface area contributed by atoms with E-state index in [0.29, 0.717) is 11.0 Å². The molecule has 11 heteroatoms. The number of amides is 1. The quantitative estimate of drug-likeness (QED) is 0.656. The van der Waals surface area contributed by atoms with Gasteiger partial charge in [0, 0.05) is 18.3 Å². The first-order valence-electron chi connectivity index (χ1n) is 9.89. The van der Waals surface area contributed by atoms with Crippen LogP contribution in [0.15, 0.2) is 30.5 Å². The van der Waals surface area contributed by atoms with Gasteiger partial charge in [-0.05, 0) is 47.1 Å². The Morgan fingerprint density at radius 2 is 1.94 bits per heavy atom. The summed E-state index contributed by atoms with van der Waals surface area (Å²) in [5, 5.41) is 19.9. The predicted octanol–water partition coefficient (Wildman–Crippen LogP) is 2.38. The molecule has 1 amide bonds. The van der Waals surface area contributed by atoms with Gasteiger partial charge in [-0.3, -0.25) is 9.78 Å². The number of carboxylic acids is 1. The molecule has 2 aromatic rings. The molecule has 1 aliphatic heterocycles. The van der Waals surface area contributed by atoms with Crippen LogP contribution in [-0.2, 0) is 28.8 Å². The topological polar surface area (TPSA) is 100.0 Å². The van der Waals surface area contributed by atoms with Crippen molar-refractivity contribution in [1.29, 1.82) is 0 Å². The molecule has 170 valence electrons. The Hall–Kier alpha value is -2.92. The van der Waals surface area contributed by atoms with Crippen LogP contribution in [0.2, 0.25) is 0 Å². The molecular formula is C21H22BF3N2O5. The average molecular weight is 450 g/mol. The second kappa shape index (κ2) is 8.91. The minimum absolute atomic E-state index is 0.181. The molecule has 0 bridgehead atoms. The summed E-state index contributed by atoms with van der Waals surface area (Å²) in [6.45, 7) is 4.84. The highest BCUT2D eigenvalue weighted by molar-refractivity contribution is 6.62. The molecule has 1 aromatic carbocycles. The predicted molar refractivity (Wildman–Crippen MR) is 109 cm³/mol. The van der Waals surface area contributed by atoms with E-state index in [1.54, 1.807) is 26.8 Å². The second-order valence-electron chi connectivity index (χ2n) is 7.98. The number of pyridine rings is 1. The summed E-state index contributed by atoms with van der Waals surface area (Å²) in [7, 11) is -1.19. The van der Waals surface area contributed by atoms with Crippen LogP contribution in [-0.4, -0.2) is 45.1 Å². The summed E-state index contributed by atoms with van der Waals surface area (Å²) in [5.74, 6) is -2.34. The fourth-order valence-electron chi connectivity index (χ4n) is 3.85. The number of carbonyl (C=O) groups excluding carboxylic acids is 1. The van der Waals surface area contributed by atoms with E-state index in [0.717, 1.165) is 22.7 Å². The molecule has 2 N–H and O–H groups in total. The highest BCUT2D eigenvalue weighted by atomic mass is 19.4. The summed E-state index contributed by atoms with van der Waals surface area (Å²) in [4.78, 5) is 30.0. The first-order chi connectivity index (χ1) is 14.9. The molecule has 0 aliphatic carbocycles. The van der Waals surface area contributed by atoms with E-state index in [1.165, 1.54) is 12.1 Å². The zero-order valence-electron chi connectivity index (χ0n) is 17.7. The molecule has 7 nitrogen and oxygen atoms in total. The van der Waals surface area contributed by atoms with Crippen LogP contribution >= 0.6 is 0 Å². The number of hydrogen-bond acceptors (Lipinski definition) is 5. The maximum Gasteiger partial charge on any atom is 0.492 e. The second-order valence-corrected chi connectivity index (χ2v) is 7.98. The van der Waals surface area contributed by atoms with Crippen molar-refractivity contribution in [1.82, 2.24) is 9.88 Å². The molecule has 0 spiro atoms. The van der Waals surface area contributed by atoms with Gasteiger partial charge in [0.1, 0.15) is 11.7 Å². The molecule has 0 unspecified atom stereocenters. The molecule has 32 heavy (non-hydrogen) atoms. The van der Waals surface area contributed by atoms with Crippen LogP contribution in [0.5, 0.6) is 0 Å². The van der Waals surface area contributed by atoms with Crippen molar-refractivity contribution in [2.75, 3.05) is 0 Å². The molecule has 0 saturated carbocycles. The number of hydrogen-bond donors (Lipinski definition) is 2. The van der Waals surface area contributed by atoms with Gasteiger partial charge in [0.05, 0.1) is 6.61 Å². The average Bonchev–Trinajstić information content (AvgIpc) is 3.08. The van der Waals surface area contributed by atoms with E-state index in [9.17, 15) is 32.9 Å². The van der Waals surface area contributed by atoms with Gasteiger partial charge in [-0.25, -0.2) is 4.79 Å². The third kappa shape index (κ3) is 4.63. The largest absolute Gasteiger partial charge is 0.492 e. The van der Waals surface area contributed by atoms with E-state index in [-0.39, 0.29) is 24.3 Å². The number of carboxylic acid groups (broad SMARTS) is 1. The van der Waals surface area contributed by atoms with Gasteiger partial charge in [0.15, 0.2) is 0 Å². The van der Waals surface area contributed by atoms with Crippen molar-refractivity contribution in [3.63, 3.8) is 0 Å². The molecule has 1 aromatic heterocycles. The van der Waals surface area contributed by atoms with Gasteiger partial charge in [-0.2, -0.15) is 13.2 Å². The number of halogens is 3. The number of benzene rings is 1. The van der Waals surface area contributed by atoms with E-state index in [4.69, 9.17) is 4.65 Å². The SMILES string of the molecule is Cc1c(C(=O)N(Cc2ccc(C(F)(F)F)nc2)[C@H](C(=O)O)C(C)C)ccc2c1B(O)OC2. The monoisotopic (exact) mass is 450 g/mol. The first-order valence-corrected chi connectivity index (χ1v) is 9.89. The number of aromatic nitrogens is 1. The van der Waals surface area contributed by atoms with Crippen molar-refractivity contribution >= 4 is 24.5 Å². The Morgan fingerprint density at radius 3 is 2.47 bits per heavy atom. The van der Waals surface area contributed by atoms with E-state index in [2.05, 4.69) is 4.98 Å². The Labute approximate surface area is 183 Å². The Balaban J connectivity index is 2.01. The fraction of sp³-hybridized carbons (Fsp3) is 0.381. The molecule has 0 saturated heterocycles. The lowest BCUT2D eigenvalue weighted by atomic mass is 9.75. The number of carbonyl (C=O) groups is 2. The van der Waals surface area contributed by atoms with Gasteiger partial charge in [0.25, 0.3) is 5.91 Å². The highest BCUT2D eigenvalue weighted by Crippen LogP contribution is 2.28. The lowest BCUT2D eigenvalue weighted by Crippen LogP contribution is -2.48. The molecule has 3 rings (SSSR count). The number of fused-ring (bicyclic) bond motifs is 1. The molecule has 1 atom stereocenters. The summed E-state index contributed by atoms with van der Waals surface area (Å²) >= 11 is 0. The summed E-state index contributed by atoms with van der Waals surface area (Å²) in [6, 6.07) is 3.89. The summed E-state index contributed by atoms with van der Waals surface area (Å²) < 4.78 is 43.7. The minimum Gasteiger partial charge on any atom is -0.480 e. The van der Waals surface area contributed by atoms with Gasteiger partial charge < -0.3 is 19.7 Å². The maximum atomic E-state index is 13.5. The number of aliphatic carboxylic acids is 1. The van der Waals surface area contributed by atoms with Crippen LogP contribution in [0, 0.1) is 12.8 Å². The van der Waals surface area contributed by atoms with Crippen LogP contribution in [0.4, 0.5) is 13.2 Å². The summed E-state index contributed by atoms with van der Waals surface area (Å²) in [5.41, 5.74) is 0.995. The van der Waals surface area contributed by atoms with Gasteiger partial charge in [-0.1, -0.05) is 26.0 Å². The van der Waals surface area contributed by atoms with Crippen molar-refractivity contribution in [2.24, 2.45) is 5.92 Å². The number of alkyl halides is 3. The van der Waals surface area contributed by atoms with Crippen molar-refractivity contribution in [3.05, 3.63) is 58.4 Å². The van der Waals surface area contributed by atoms with Crippen LogP contribution in [0.3, 0.4) is 0 Å². The molecule has 0 radical (unpaired) electrons. The van der Waals surface area contributed by atoms with Gasteiger partial charge in [0.2, 0.25) is 0 Å². The molecule has 1 aliphatic rings. The van der Waals surface area contributed by atoms with E-state index in [1.807, 2.05) is 0 Å². The van der Waals surface area contributed by atoms with Crippen LogP contribution < -0.4 is 5.46 Å². The molecule has 0 fully saturated rings. The Kier molecular flexibility index (Phi) is 6.61.